The number of nitrogens with two attached hydrogens (primary N) is 1. The van der Waals surface area contributed by atoms with E-state index in [4.69, 9.17) is 19.9 Å². The lowest BCUT2D eigenvalue weighted by Crippen LogP contribution is -2.20. The van der Waals surface area contributed by atoms with Crippen LogP contribution < -0.4 is 10.5 Å². The van der Waals surface area contributed by atoms with Gasteiger partial charge in [-0.05, 0) is 39.0 Å². The van der Waals surface area contributed by atoms with Crippen molar-refractivity contribution in [3.63, 3.8) is 0 Å². The Morgan fingerprint density at radius 3 is 2.63 bits per heavy atom. The molecule has 0 radical (unpaired) electrons. The van der Waals surface area contributed by atoms with Crippen molar-refractivity contribution >= 4 is 11.7 Å². The van der Waals surface area contributed by atoms with Crippen LogP contribution in [-0.4, -0.2) is 31.9 Å². The van der Waals surface area contributed by atoms with E-state index >= 15 is 0 Å². The summed E-state index contributed by atoms with van der Waals surface area (Å²) in [6.45, 7) is 7.05. The lowest BCUT2D eigenvalue weighted by atomic mass is 10.2. The topological polar surface area (TPSA) is 70.8 Å². The molecule has 19 heavy (non-hydrogen) atoms. The molecule has 1 aromatic carbocycles. The van der Waals surface area contributed by atoms with E-state index in [1.807, 2.05) is 13.8 Å². The van der Waals surface area contributed by atoms with Gasteiger partial charge in [0.15, 0.2) is 0 Å². The van der Waals surface area contributed by atoms with E-state index in [2.05, 4.69) is 0 Å². The van der Waals surface area contributed by atoms with Crippen LogP contribution in [0.25, 0.3) is 0 Å². The average molecular weight is 267 g/mol. The number of hydrogen-bond acceptors (Lipinski definition) is 5. The smallest absolute Gasteiger partial charge is 0.338 e. The third kappa shape index (κ3) is 4.79. The summed E-state index contributed by atoms with van der Waals surface area (Å²) < 4.78 is 15.7. The molecule has 1 rings (SSSR count). The van der Waals surface area contributed by atoms with Gasteiger partial charge in [0.25, 0.3) is 0 Å². The summed E-state index contributed by atoms with van der Waals surface area (Å²) in [5.41, 5.74) is 6.63. The fourth-order valence-electron chi connectivity index (χ4n) is 1.53. The van der Waals surface area contributed by atoms with Crippen molar-refractivity contribution in [2.24, 2.45) is 0 Å². The average Bonchev–Trinajstić information content (AvgIpc) is 2.38. The van der Waals surface area contributed by atoms with Gasteiger partial charge in [-0.15, -0.1) is 0 Å². The number of hydrogen-bond donors (Lipinski definition) is 1. The zero-order valence-corrected chi connectivity index (χ0v) is 11.6. The van der Waals surface area contributed by atoms with Crippen LogP contribution in [0.1, 0.15) is 31.1 Å². The van der Waals surface area contributed by atoms with Crippen molar-refractivity contribution in [3.8, 4) is 5.75 Å². The maximum atomic E-state index is 11.9. The predicted molar refractivity (Wildman–Crippen MR) is 73.4 cm³/mol. The molecule has 0 aliphatic heterocycles. The number of benzene rings is 1. The quantitative estimate of drug-likeness (QED) is 0.606. The van der Waals surface area contributed by atoms with Crippen LogP contribution in [0.15, 0.2) is 18.2 Å². The number of anilines is 1. The van der Waals surface area contributed by atoms with Crippen molar-refractivity contribution in [1.82, 2.24) is 0 Å². The molecule has 0 heterocycles. The number of esters is 1. The second-order valence-corrected chi connectivity index (χ2v) is 4.06. The Morgan fingerprint density at radius 2 is 2.05 bits per heavy atom. The molecule has 0 fully saturated rings. The summed E-state index contributed by atoms with van der Waals surface area (Å²) >= 11 is 0. The highest BCUT2D eigenvalue weighted by Crippen LogP contribution is 2.23. The van der Waals surface area contributed by atoms with Gasteiger partial charge in [0.2, 0.25) is 0 Å². The van der Waals surface area contributed by atoms with Crippen LogP contribution in [0, 0.1) is 0 Å². The second kappa shape index (κ2) is 7.63. The molecular weight excluding hydrogens is 246 g/mol. The molecule has 5 heteroatoms. The Kier molecular flexibility index (Phi) is 6.15. The molecule has 0 aromatic heterocycles. The van der Waals surface area contributed by atoms with Gasteiger partial charge in [-0.25, -0.2) is 4.79 Å². The molecule has 0 saturated heterocycles. The minimum absolute atomic E-state index is 0.291. The molecule has 5 nitrogen and oxygen atoms in total. The van der Waals surface area contributed by atoms with Crippen LogP contribution in [0.5, 0.6) is 5.75 Å². The molecule has 1 aromatic rings. The molecule has 0 amide bonds. The van der Waals surface area contributed by atoms with Crippen LogP contribution in [0.3, 0.4) is 0 Å². The highest BCUT2D eigenvalue weighted by Gasteiger charge is 2.13. The van der Waals surface area contributed by atoms with Gasteiger partial charge in [-0.1, -0.05) is 0 Å². The molecule has 2 N–H and O–H groups in total. The number of nitrogen functional groups attached to an aromatic ring is 1. The van der Waals surface area contributed by atoms with E-state index < -0.39 is 5.97 Å². The Labute approximate surface area is 113 Å². The van der Waals surface area contributed by atoms with Gasteiger partial charge >= 0.3 is 5.97 Å². The lowest BCUT2D eigenvalue weighted by Gasteiger charge is -2.14. The van der Waals surface area contributed by atoms with E-state index in [0.29, 0.717) is 36.8 Å². The Balaban J connectivity index is 2.64. The first kappa shape index (κ1) is 15.3. The second-order valence-electron chi connectivity index (χ2n) is 4.06. The first-order chi connectivity index (χ1) is 9.08. The molecule has 0 spiro atoms. The molecule has 0 aliphatic carbocycles. The summed E-state index contributed by atoms with van der Waals surface area (Å²) in [6, 6.07) is 4.86. The summed E-state index contributed by atoms with van der Waals surface area (Å²) in [4.78, 5) is 11.9. The van der Waals surface area contributed by atoms with Crippen molar-refractivity contribution in [3.05, 3.63) is 23.8 Å². The van der Waals surface area contributed by atoms with Crippen molar-refractivity contribution in [2.75, 3.05) is 25.6 Å². The Morgan fingerprint density at radius 1 is 1.32 bits per heavy atom. The van der Waals surface area contributed by atoms with Gasteiger partial charge in [-0.2, -0.15) is 0 Å². The fraction of sp³-hybridized carbons (Fsp3) is 0.500. The maximum Gasteiger partial charge on any atom is 0.338 e. The van der Waals surface area contributed by atoms with E-state index in [-0.39, 0.29) is 6.10 Å². The Bertz CT molecular complexity index is 420. The highest BCUT2D eigenvalue weighted by molar-refractivity contribution is 5.91. The molecule has 1 unspecified atom stereocenters. The third-order valence-electron chi connectivity index (χ3n) is 2.41. The standard InChI is InChI=1S/C14H21NO4/c1-4-17-9-10(3)19-14(16)11-6-7-13(18-5-2)12(15)8-11/h6-8,10H,4-5,9,15H2,1-3H3. The minimum Gasteiger partial charge on any atom is -0.492 e. The van der Waals surface area contributed by atoms with Crippen molar-refractivity contribution in [2.45, 2.75) is 26.9 Å². The summed E-state index contributed by atoms with van der Waals surface area (Å²) in [5.74, 6) is 0.156. The van der Waals surface area contributed by atoms with Crippen LogP contribution in [0.2, 0.25) is 0 Å². The minimum atomic E-state index is -0.415. The van der Waals surface area contributed by atoms with Gasteiger partial charge in [0, 0.05) is 6.61 Å². The summed E-state index contributed by atoms with van der Waals surface area (Å²) in [7, 11) is 0. The van der Waals surface area contributed by atoms with Crippen LogP contribution in [0.4, 0.5) is 5.69 Å². The molecule has 0 aliphatic rings. The summed E-state index contributed by atoms with van der Waals surface area (Å²) in [6.07, 6.45) is -0.291. The summed E-state index contributed by atoms with van der Waals surface area (Å²) in [5, 5.41) is 0. The van der Waals surface area contributed by atoms with E-state index in [9.17, 15) is 4.79 Å². The van der Waals surface area contributed by atoms with Crippen LogP contribution in [-0.2, 0) is 9.47 Å². The van der Waals surface area contributed by atoms with Crippen molar-refractivity contribution in [1.29, 1.82) is 0 Å². The zero-order valence-electron chi connectivity index (χ0n) is 11.6. The molecule has 1 atom stereocenters. The third-order valence-corrected chi connectivity index (χ3v) is 2.41. The van der Waals surface area contributed by atoms with E-state index in [1.54, 1.807) is 25.1 Å². The lowest BCUT2D eigenvalue weighted by molar-refractivity contribution is 0.00440. The largest absolute Gasteiger partial charge is 0.492 e. The van der Waals surface area contributed by atoms with E-state index in [0.717, 1.165) is 0 Å². The van der Waals surface area contributed by atoms with Gasteiger partial charge in [-0.3, -0.25) is 0 Å². The zero-order chi connectivity index (χ0) is 14.3. The number of ether oxygens (including phenoxy) is 3. The van der Waals surface area contributed by atoms with Crippen molar-refractivity contribution < 1.29 is 19.0 Å². The van der Waals surface area contributed by atoms with Gasteiger partial charge in [0.05, 0.1) is 24.5 Å². The first-order valence-electron chi connectivity index (χ1n) is 6.39. The number of rotatable bonds is 7. The fourth-order valence-corrected chi connectivity index (χ4v) is 1.53. The SMILES string of the molecule is CCOCC(C)OC(=O)c1ccc(OCC)c(N)c1. The van der Waals surface area contributed by atoms with Gasteiger partial charge in [0.1, 0.15) is 11.9 Å². The van der Waals surface area contributed by atoms with Gasteiger partial charge < -0.3 is 19.9 Å². The monoisotopic (exact) mass is 267 g/mol. The maximum absolute atomic E-state index is 11.9. The molecule has 0 saturated carbocycles. The highest BCUT2D eigenvalue weighted by atomic mass is 16.6. The normalized spacial score (nSPS) is 11.9. The van der Waals surface area contributed by atoms with Crippen LogP contribution >= 0.6 is 0 Å². The predicted octanol–water partition coefficient (Wildman–Crippen LogP) is 2.25. The molecular formula is C14H21NO4. The van der Waals surface area contributed by atoms with E-state index in [1.165, 1.54) is 0 Å². The molecule has 0 bridgehead atoms. The number of carbonyl (C=O) groups excluding carboxylic acids is 1. The first-order valence-corrected chi connectivity index (χ1v) is 6.39. The molecule has 106 valence electrons. The number of carbonyl (C=O) groups is 1. The Hall–Kier alpha value is -1.75.